The predicted molar refractivity (Wildman–Crippen MR) is 95.0 cm³/mol. The largest absolute Gasteiger partial charge is 0.305 e. The van der Waals surface area contributed by atoms with Gasteiger partial charge in [0.05, 0.1) is 6.54 Å². The minimum absolute atomic E-state index is 0.128. The van der Waals surface area contributed by atoms with Gasteiger partial charge in [0.15, 0.2) is 0 Å². The summed E-state index contributed by atoms with van der Waals surface area (Å²) in [4.78, 5) is 19.8. The van der Waals surface area contributed by atoms with Crippen LogP contribution in [0.2, 0.25) is 0 Å². The van der Waals surface area contributed by atoms with Gasteiger partial charge in [-0.1, -0.05) is 25.1 Å². The number of piperazine rings is 1. The summed E-state index contributed by atoms with van der Waals surface area (Å²) < 4.78 is 0. The lowest BCUT2D eigenvalue weighted by atomic mass is 9.80. The molecule has 2 aliphatic rings. The second-order valence-corrected chi connectivity index (χ2v) is 7.78. The van der Waals surface area contributed by atoms with Crippen molar-refractivity contribution in [3.63, 3.8) is 0 Å². The van der Waals surface area contributed by atoms with E-state index in [0.29, 0.717) is 12.5 Å². The summed E-state index contributed by atoms with van der Waals surface area (Å²) in [7, 11) is 2.14. The number of likely N-dealkylation sites (N-methyl/N-ethyl adjacent to an activating group) is 1. The number of fused-ring (bicyclic) bond motifs is 1. The van der Waals surface area contributed by atoms with Gasteiger partial charge in [-0.25, -0.2) is 0 Å². The van der Waals surface area contributed by atoms with Crippen LogP contribution in [0.4, 0.5) is 5.69 Å². The van der Waals surface area contributed by atoms with Gasteiger partial charge in [0.2, 0.25) is 5.91 Å². The fourth-order valence-corrected chi connectivity index (χ4v) is 4.12. The number of anilines is 1. The van der Waals surface area contributed by atoms with Gasteiger partial charge in [0.25, 0.3) is 0 Å². The van der Waals surface area contributed by atoms with Crippen molar-refractivity contribution in [1.29, 1.82) is 0 Å². The van der Waals surface area contributed by atoms with Gasteiger partial charge in [-0.3, -0.25) is 9.69 Å². The third kappa shape index (κ3) is 3.29. The molecule has 3 rings (SSSR count). The van der Waals surface area contributed by atoms with Crippen molar-refractivity contribution in [3.8, 4) is 0 Å². The summed E-state index contributed by atoms with van der Waals surface area (Å²) in [5.41, 5.74) is 2.28. The molecule has 0 saturated carbocycles. The molecular formula is C19H29N3O. The van der Waals surface area contributed by atoms with Crippen molar-refractivity contribution < 1.29 is 4.79 Å². The van der Waals surface area contributed by atoms with Crippen LogP contribution in [0.3, 0.4) is 0 Å². The zero-order chi connectivity index (χ0) is 16.6. The van der Waals surface area contributed by atoms with E-state index in [4.69, 9.17) is 0 Å². The maximum absolute atomic E-state index is 13.1. The van der Waals surface area contributed by atoms with Gasteiger partial charge in [0.1, 0.15) is 0 Å². The van der Waals surface area contributed by atoms with Crippen LogP contribution in [0.15, 0.2) is 24.3 Å². The summed E-state index contributed by atoms with van der Waals surface area (Å²) in [5.74, 6) is 0.729. The minimum Gasteiger partial charge on any atom is -0.305 e. The quantitative estimate of drug-likeness (QED) is 0.839. The van der Waals surface area contributed by atoms with Crippen LogP contribution in [0.5, 0.6) is 0 Å². The van der Waals surface area contributed by atoms with Crippen molar-refractivity contribution in [2.45, 2.75) is 38.6 Å². The van der Waals surface area contributed by atoms with Gasteiger partial charge in [-0.05, 0) is 44.9 Å². The Hall–Kier alpha value is -1.39. The van der Waals surface area contributed by atoms with E-state index in [0.717, 1.165) is 38.3 Å². The lowest BCUT2D eigenvalue weighted by molar-refractivity contribution is -0.121. The highest BCUT2D eigenvalue weighted by Gasteiger charge is 2.40. The van der Waals surface area contributed by atoms with Gasteiger partial charge in [0, 0.05) is 37.4 Å². The Morgan fingerprint density at radius 1 is 1.17 bits per heavy atom. The Bertz CT molecular complexity index is 576. The van der Waals surface area contributed by atoms with E-state index < -0.39 is 0 Å². The number of nitrogens with zero attached hydrogens (tertiary/aromatic N) is 3. The number of carbonyl (C=O) groups is 1. The van der Waals surface area contributed by atoms with E-state index in [9.17, 15) is 4.79 Å². The Morgan fingerprint density at radius 2 is 1.83 bits per heavy atom. The molecule has 23 heavy (non-hydrogen) atoms. The maximum atomic E-state index is 13.1. The molecule has 1 amide bonds. The first-order valence-electron chi connectivity index (χ1n) is 8.71. The van der Waals surface area contributed by atoms with E-state index in [1.54, 1.807) is 0 Å². The molecule has 1 fully saturated rings. The van der Waals surface area contributed by atoms with Crippen molar-refractivity contribution >= 4 is 11.6 Å². The summed E-state index contributed by atoms with van der Waals surface area (Å²) in [6.45, 7) is 11.2. The molecule has 0 N–H and O–H groups in total. The van der Waals surface area contributed by atoms with E-state index in [2.05, 4.69) is 60.7 Å². The molecule has 1 aromatic carbocycles. The van der Waals surface area contributed by atoms with Crippen LogP contribution in [-0.2, 0) is 4.79 Å². The molecule has 0 spiro atoms. The lowest BCUT2D eigenvalue weighted by Gasteiger charge is -2.46. The summed E-state index contributed by atoms with van der Waals surface area (Å²) >= 11 is 0. The fourth-order valence-electron chi connectivity index (χ4n) is 4.12. The highest BCUT2D eigenvalue weighted by Crippen LogP contribution is 2.43. The maximum Gasteiger partial charge on any atom is 0.241 e. The second-order valence-electron chi connectivity index (χ2n) is 7.78. The molecule has 0 aromatic heterocycles. The monoisotopic (exact) mass is 315 g/mol. The number of amides is 1. The molecule has 0 radical (unpaired) electrons. The SMILES string of the molecule is C[C@H]1CC(C)(C)N(C(=O)CN2CCN(C)CC2)c2ccccc21. The average Bonchev–Trinajstić information content (AvgIpc) is 2.49. The van der Waals surface area contributed by atoms with Crippen LogP contribution >= 0.6 is 0 Å². The number of benzene rings is 1. The third-order valence-electron chi connectivity index (χ3n) is 5.32. The van der Waals surface area contributed by atoms with Crippen molar-refractivity contribution in [2.24, 2.45) is 0 Å². The first kappa shape index (κ1) is 16.5. The Kier molecular flexibility index (Phi) is 4.47. The van der Waals surface area contributed by atoms with Crippen LogP contribution in [0.1, 0.15) is 38.7 Å². The Balaban J connectivity index is 1.82. The molecular weight excluding hydrogens is 286 g/mol. The van der Waals surface area contributed by atoms with E-state index in [1.807, 2.05) is 6.07 Å². The van der Waals surface area contributed by atoms with Gasteiger partial charge >= 0.3 is 0 Å². The Labute approximate surface area is 140 Å². The molecule has 0 unspecified atom stereocenters. The number of hydrogen-bond acceptors (Lipinski definition) is 3. The zero-order valence-electron chi connectivity index (χ0n) is 14.9. The molecule has 126 valence electrons. The summed E-state index contributed by atoms with van der Waals surface area (Å²) in [6.07, 6.45) is 1.01. The molecule has 0 aliphatic carbocycles. The van der Waals surface area contributed by atoms with Crippen molar-refractivity contribution in [1.82, 2.24) is 9.80 Å². The van der Waals surface area contributed by atoms with Gasteiger partial charge in [-0.15, -0.1) is 0 Å². The summed E-state index contributed by atoms with van der Waals surface area (Å²) in [6, 6.07) is 8.40. The van der Waals surface area contributed by atoms with Gasteiger partial charge in [-0.2, -0.15) is 0 Å². The average molecular weight is 315 g/mol. The number of para-hydroxylation sites is 1. The van der Waals surface area contributed by atoms with E-state index in [-0.39, 0.29) is 11.4 Å². The molecule has 1 aromatic rings. The molecule has 4 heteroatoms. The van der Waals surface area contributed by atoms with Crippen LogP contribution in [0.25, 0.3) is 0 Å². The minimum atomic E-state index is -0.128. The molecule has 2 aliphatic heterocycles. The Morgan fingerprint density at radius 3 is 2.52 bits per heavy atom. The fraction of sp³-hybridized carbons (Fsp3) is 0.632. The van der Waals surface area contributed by atoms with Crippen molar-refractivity contribution in [3.05, 3.63) is 29.8 Å². The third-order valence-corrected chi connectivity index (χ3v) is 5.32. The van der Waals surface area contributed by atoms with Crippen molar-refractivity contribution in [2.75, 3.05) is 44.7 Å². The van der Waals surface area contributed by atoms with Crippen LogP contribution in [-0.4, -0.2) is 61.0 Å². The molecule has 4 nitrogen and oxygen atoms in total. The highest BCUT2D eigenvalue weighted by atomic mass is 16.2. The first-order valence-corrected chi connectivity index (χ1v) is 8.71. The second kappa shape index (κ2) is 6.25. The molecule has 2 heterocycles. The highest BCUT2D eigenvalue weighted by molar-refractivity contribution is 5.97. The molecule has 0 bridgehead atoms. The zero-order valence-corrected chi connectivity index (χ0v) is 14.9. The van der Waals surface area contributed by atoms with E-state index in [1.165, 1.54) is 5.56 Å². The van der Waals surface area contributed by atoms with Crippen LogP contribution < -0.4 is 4.90 Å². The smallest absolute Gasteiger partial charge is 0.241 e. The number of rotatable bonds is 2. The lowest BCUT2D eigenvalue weighted by Crippen LogP contribution is -2.56. The van der Waals surface area contributed by atoms with E-state index >= 15 is 0 Å². The molecule has 1 atom stereocenters. The topological polar surface area (TPSA) is 26.8 Å². The number of carbonyl (C=O) groups excluding carboxylic acids is 1. The normalized spacial score (nSPS) is 25.2. The first-order chi connectivity index (χ1) is 10.9. The van der Waals surface area contributed by atoms with Gasteiger partial charge < -0.3 is 9.80 Å². The standard InChI is InChI=1S/C19H29N3O/c1-15-13-19(2,3)22(17-8-6-5-7-16(15)17)18(23)14-21-11-9-20(4)10-12-21/h5-8,15H,9-14H2,1-4H3/t15-/m0/s1. The number of hydrogen-bond donors (Lipinski definition) is 0. The molecule has 1 saturated heterocycles. The predicted octanol–water partition coefficient (Wildman–Crippen LogP) is 2.55. The summed E-state index contributed by atoms with van der Waals surface area (Å²) in [5, 5.41) is 0. The van der Waals surface area contributed by atoms with Crippen LogP contribution in [0, 0.1) is 0 Å².